The molecule has 0 saturated carbocycles. The van der Waals surface area contributed by atoms with E-state index in [1.807, 2.05) is 6.08 Å². The molecule has 1 rings (SSSR count). The molecule has 1 heterocycles. The van der Waals surface area contributed by atoms with E-state index in [1.54, 1.807) is 6.08 Å². The average molecular weight is 906 g/mol. The molecule has 0 spiro atoms. The van der Waals surface area contributed by atoms with E-state index in [4.69, 9.17) is 14.2 Å². The van der Waals surface area contributed by atoms with Crippen molar-refractivity contribution < 1.29 is 49.3 Å². The summed E-state index contributed by atoms with van der Waals surface area (Å²) in [5.41, 5.74) is 0. The smallest absolute Gasteiger partial charge is 0.305 e. The summed E-state index contributed by atoms with van der Waals surface area (Å²) in [4.78, 5) is 25.0. The summed E-state index contributed by atoms with van der Waals surface area (Å²) in [5, 5.41) is 54.0. The van der Waals surface area contributed by atoms with E-state index < -0.39 is 49.5 Å². The highest BCUT2D eigenvalue weighted by Gasteiger charge is 2.44. The predicted octanol–water partition coefficient (Wildman–Crippen LogP) is 10.5. The number of carbonyl (C=O) groups excluding carboxylic acids is 2. The fraction of sp³-hybridized carbons (Fsp3) is 0.811. The van der Waals surface area contributed by atoms with Gasteiger partial charge in [0.15, 0.2) is 6.29 Å². The van der Waals surface area contributed by atoms with Crippen LogP contribution in [0.15, 0.2) is 48.6 Å². The van der Waals surface area contributed by atoms with Crippen molar-refractivity contribution in [2.24, 2.45) is 0 Å². The molecule has 7 atom stereocenters. The monoisotopic (exact) mass is 906 g/mol. The number of aliphatic hydroxyl groups is 5. The minimum absolute atomic E-state index is 0.0404. The molecule has 1 aliphatic rings. The van der Waals surface area contributed by atoms with Crippen LogP contribution in [0.2, 0.25) is 0 Å². The second-order valence-electron chi connectivity index (χ2n) is 17.9. The third kappa shape index (κ3) is 33.1. The van der Waals surface area contributed by atoms with E-state index in [0.717, 1.165) is 83.5 Å². The summed E-state index contributed by atoms with van der Waals surface area (Å²) in [6.07, 6.45) is 42.0. The number of carbonyl (C=O) groups is 2. The Morgan fingerprint density at radius 1 is 0.578 bits per heavy atom. The maximum absolute atomic E-state index is 12.9. The minimum atomic E-state index is -1.58. The van der Waals surface area contributed by atoms with E-state index in [-0.39, 0.29) is 18.5 Å². The Morgan fingerprint density at radius 3 is 1.70 bits per heavy atom. The van der Waals surface area contributed by atoms with Crippen LogP contribution in [0.5, 0.6) is 0 Å². The van der Waals surface area contributed by atoms with Gasteiger partial charge in [-0.3, -0.25) is 9.59 Å². The normalized spacial score (nSPS) is 20.3. The molecule has 0 aliphatic carbocycles. The van der Waals surface area contributed by atoms with Gasteiger partial charge in [0.2, 0.25) is 5.91 Å². The third-order valence-corrected chi connectivity index (χ3v) is 11.9. The molecular weight excluding hydrogens is 811 g/mol. The second kappa shape index (κ2) is 43.2. The van der Waals surface area contributed by atoms with E-state index in [9.17, 15) is 35.1 Å². The average Bonchev–Trinajstić information content (AvgIpc) is 3.29. The maximum atomic E-state index is 12.9. The number of ether oxygens (including phenoxy) is 3. The predicted molar refractivity (Wildman–Crippen MR) is 260 cm³/mol. The molecule has 11 nitrogen and oxygen atoms in total. The zero-order chi connectivity index (χ0) is 46.7. The molecule has 1 fully saturated rings. The molecule has 0 radical (unpaired) electrons. The van der Waals surface area contributed by atoms with E-state index in [2.05, 4.69) is 55.6 Å². The van der Waals surface area contributed by atoms with Crippen LogP contribution in [0, 0.1) is 0 Å². The Labute approximate surface area is 389 Å². The van der Waals surface area contributed by atoms with Crippen molar-refractivity contribution in [1.29, 1.82) is 0 Å². The first kappa shape index (κ1) is 59.6. The van der Waals surface area contributed by atoms with Crippen molar-refractivity contribution in [3.05, 3.63) is 48.6 Å². The van der Waals surface area contributed by atoms with Crippen LogP contribution in [0.25, 0.3) is 0 Å². The van der Waals surface area contributed by atoms with Crippen LogP contribution in [-0.2, 0) is 23.8 Å². The highest BCUT2D eigenvalue weighted by molar-refractivity contribution is 5.76. The van der Waals surface area contributed by atoms with Gasteiger partial charge < -0.3 is 45.1 Å². The summed E-state index contributed by atoms with van der Waals surface area (Å²) >= 11 is 0. The summed E-state index contributed by atoms with van der Waals surface area (Å²) in [6.45, 7) is 4.15. The van der Waals surface area contributed by atoms with Gasteiger partial charge >= 0.3 is 5.97 Å². The van der Waals surface area contributed by atoms with E-state index in [0.29, 0.717) is 19.4 Å². The van der Waals surface area contributed by atoms with Gasteiger partial charge in [-0.2, -0.15) is 0 Å². The number of esters is 1. The SMILES string of the molecule is CCC/C=C\C/C=C\CCCCCCCC(=O)OCCCCCCCCCCCCCCCCC(=O)NC(COC1OC(CO)C(O)C(O)C1O)C(O)/C=C/CC/C=C/CCCCC. The molecule has 0 bridgehead atoms. The number of hydrogen-bond acceptors (Lipinski definition) is 10. The summed E-state index contributed by atoms with van der Waals surface area (Å²) in [6, 6.07) is -0.835. The molecule has 0 aromatic heterocycles. The van der Waals surface area contributed by atoms with Gasteiger partial charge in [0.25, 0.3) is 0 Å². The zero-order valence-electron chi connectivity index (χ0n) is 40.5. The van der Waals surface area contributed by atoms with Crippen LogP contribution in [-0.4, -0.2) is 100 Å². The molecule has 7 unspecified atom stereocenters. The van der Waals surface area contributed by atoms with Gasteiger partial charge in [-0.25, -0.2) is 0 Å². The number of unbranched alkanes of at least 4 members (excludes halogenated alkanes) is 23. The quantitative estimate of drug-likeness (QED) is 0.0196. The summed E-state index contributed by atoms with van der Waals surface area (Å²) in [5.74, 6) is -0.248. The van der Waals surface area contributed by atoms with Crippen molar-refractivity contribution >= 4 is 11.9 Å². The lowest BCUT2D eigenvalue weighted by atomic mass is 9.99. The van der Waals surface area contributed by atoms with Crippen LogP contribution in [0.3, 0.4) is 0 Å². The molecule has 0 aromatic carbocycles. The largest absolute Gasteiger partial charge is 0.466 e. The molecule has 1 saturated heterocycles. The van der Waals surface area contributed by atoms with Crippen LogP contribution >= 0.6 is 0 Å². The standard InChI is InChI=1S/C53H95NO10/c1-3-5-7-9-11-13-14-17-21-25-29-33-37-41-49(58)62-42-38-34-30-26-22-19-16-15-18-20-24-28-32-36-40-48(57)54-45(46(56)39-35-31-27-23-12-10-8-6-4-2)44-63-53-52(61)51(60)50(59)47(43-55)64-53/h7,9,12-14,23,35,39,45-47,50-53,55-56,59-61H,3-6,8,10-11,15-22,24-34,36-38,40-44H2,1-2H3,(H,54,57)/b9-7-,14-13-,23-12+,39-35+. The topological polar surface area (TPSA) is 175 Å². The number of allylic oxidation sites excluding steroid dienone is 7. The first-order valence-electron chi connectivity index (χ1n) is 25.9. The molecule has 372 valence electrons. The second-order valence-corrected chi connectivity index (χ2v) is 17.9. The Balaban J connectivity index is 2.12. The molecule has 11 heteroatoms. The van der Waals surface area contributed by atoms with Crippen molar-refractivity contribution in [2.75, 3.05) is 19.8 Å². The Bertz CT molecular complexity index is 1210. The van der Waals surface area contributed by atoms with Crippen LogP contribution in [0.4, 0.5) is 0 Å². The lowest BCUT2D eigenvalue weighted by Gasteiger charge is -2.40. The van der Waals surface area contributed by atoms with Crippen molar-refractivity contribution in [2.45, 2.75) is 256 Å². The van der Waals surface area contributed by atoms with Gasteiger partial charge in [-0.05, 0) is 70.6 Å². The van der Waals surface area contributed by atoms with Gasteiger partial charge in [0, 0.05) is 12.8 Å². The van der Waals surface area contributed by atoms with Gasteiger partial charge in [0.05, 0.1) is 32.0 Å². The fourth-order valence-electron chi connectivity index (χ4n) is 7.72. The van der Waals surface area contributed by atoms with Crippen LogP contribution in [0.1, 0.15) is 213 Å². The first-order chi connectivity index (χ1) is 31.2. The summed E-state index contributed by atoms with van der Waals surface area (Å²) < 4.78 is 16.6. The molecule has 64 heavy (non-hydrogen) atoms. The third-order valence-electron chi connectivity index (χ3n) is 11.9. The highest BCUT2D eigenvalue weighted by Crippen LogP contribution is 2.23. The van der Waals surface area contributed by atoms with Crippen molar-refractivity contribution in [3.8, 4) is 0 Å². The zero-order valence-corrected chi connectivity index (χ0v) is 40.5. The maximum Gasteiger partial charge on any atom is 0.305 e. The summed E-state index contributed by atoms with van der Waals surface area (Å²) in [7, 11) is 0. The highest BCUT2D eigenvalue weighted by atomic mass is 16.7. The number of amides is 1. The van der Waals surface area contributed by atoms with Crippen molar-refractivity contribution in [3.63, 3.8) is 0 Å². The number of nitrogens with one attached hydrogen (secondary N) is 1. The Hall–Kier alpha value is -2.38. The van der Waals surface area contributed by atoms with Crippen molar-refractivity contribution in [1.82, 2.24) is 5.32 Å². The lowest BCUT2D eigenvalue weighted by Crippen LogP contribution is -2.60. The molecule has 1 aliphatic heterocycles. The number of hydrogen-bond donors (Lipinski definition) is 6. The van der Waals surface area contributed by atoms with Gasteiger partial charge in [-0.15, -0.1) is 0 Å². The fourth-order valence-corrected chi connectivity index (χ4v) is 7.72. The van der Waals surface area contributed by atoms with Gasteiger partial charge in [-0.1, -0.05) is 178 Å². The number of aliphatic hydroxyl groups excluding tert-OH is 5. The lowest BCUT2D eigenvalue weighted by molar-refractivity contribution is -0.302. The molecule has 1 amide bonds. The molecule has 0 aromatic rings. The minimum Gasteiger partial charge on any atom is -0.466 e. The van der Waals surface area contributed by atoms with Gasteiger partial charge in [0.1, 0.15) is 24.4 Å². The molecular formula is C53H95NO10. The Morgan fingerprint density at radius 2 is 1.09 bits per heavy atom. The van der Waals surface area contributed by atoms with E-state index in [1.165, 1.54) is 103 Å². The first-order valence-corrected chi connectivity index (χ1v) is 25.9. The van der Waals surface area contributed by atoms with Crippen LogP contribution < -0.4 is 5.32 Å². The number of rotatable bonds is 43. The molecule has 6 N–H and O–H groups in total. The van der Waals surface area contributed by atoms with E-state index >= 15 is 0 Å². The Kier molecular flexibility index (Phi) is 40.3.